The molecule has 2 rings (SSSR count). The van der Waals surface area contributed by atoms with Crippen molar-refractivity contribution >= 4 is 50.7 Å². The zero-order chi connectivity index (χ0) is 27.8. The molecule has 2 amide bonds. The van der Waals surface area contributed by atoms with E-state index < -0.39 is 33.6 Å². The van der Waals surface area contributed by atoms with Crippen molar-refractivity contribution in [3.63, 3.8) is 0 Å². The molecule has 0 aliphatic heterocycles. The first-order chi connectivity index (χ1) is 17.4. The van der Waals surface area contributed by atoms with Crippen LogP contribution < -0.4 is 9.62 Å². The Balaban J connectivity index is 2.27. The van der Waals surface area contributed by atoms with Crippen molar-refractivity contribution in [2.75, 3.05) is 23.7 Å². The van der Waals surface area contributed by atoms with Crippen molar-refractivity contribution in [3.8, 4) is 0 Å². The van der Waals surface area contributed by atoms with Gasteiger partial charge in [0.05, 0.1) is 11.9 Å². The fourth-order valence-electron chi connectivity index (χ4n) is 3.78. The highest BCUT2D eigenvalue weighted by Crippen LogP contribution is 2.28. The van der Waals surface area contributed by atoms with E-state index in [1.165, 1.54) is 4.90 Å². The largest absolute Gasteiger partial charge is 0.354 e. The van der Waals surface area contributed by atoms with Gasteiger partial charge >= 0.3 is 0 Å². The summed E-state index contributed by atoms with van der Waals surface area (Å²) in [6.45, 7) is 3.96. The number of carbonyl (C=O) groups excluding carboxylic acids is 2. The van der Waals surface area contributed by atoms with E-state index in [4.69, 9.17) is 23.2 Å². The summed E-state index contributed by atoms with van der Waals surface area (Å²) in [5.74, 6) is -3.02. The van der Waals surface area contributed by atoms with E-state index in [0.717, 1.165) is 35.2 Å². The maximum atomic E-state index is 13.7. The number of sulfonamides is 1. The number of anilines is 1. The molecule has 12 heteroatoms. The monoisotopic (exact) mass is 577 g/mol. The molecule has 0 fully saturated rings. The number of hydrogen-bond donors (Lipinski definition) is 1. The number of halogens is 4. The van der Waals surface area contributed by atoms with Crippen molar-refractivity contribution in [2.45, 2.75) is 52.1 Å². The van der Waals surface area contributed by atoms with Crippen LogP contribution >= 0.6 is 23.2 Å². The van der Waals surface area contributed by atoms with Gasteiger partial charge in [-0.1, -0.05) is 43.1 Å². The molecule has 0 aliphatic rings. The minimum atomic E-state index is -3.85. The van der Waals surface area contributed by atoms with Crippen molar-refractivity contribution in [3.05, 3.63) is 63.6 Å². The summed E-state index contributed by atoms with van der Waals surface area (Å²) < 4.78 is 52.6. The lowest BCUT2D eigenvalue weighted by atomic mass is 10.1. The van der Waals surface area contributed by atoms with Crippen LogP contribution in [0.3, 0.4) is 0 Å². The summed E-state index contributed by atoms with van der Waals surface area (Å²) >= 11 is 12.6. The molecular formula is C25H31Cl2F2N3O4S. The molecule has 0 unspecified atom stereocenters. The Labute approximate surface area is 226 Å². The number of hydrogen-bond acceptors (Lipinski definition) is 4. The van der Waals surface area contributed by atoms with Gasteiger partial charge in [-0.3, -0.25) is 13.9 Å². The molecule has 1 N–H and O–H groups in total. The highest BCUT2D eigenvalue weighted by atomic mass is 35.5. The number of nitrogens with zero attached hydrogens (tertiary/aromatic N) is 2. The lowest BCUT2D eigenvalue weighted by Gasteiger charge is -2.31. The molecule has 0 radical (unpaired) electrons. The molecule has 7 nitrogen and oxygen atoms in total. The zero-order valence-corrected chi connectivity index (χ0v) is 23.3. The van der Waals surface area contributed by atoms with Gasteiger partial charge in [-0.2, -0.15) is 0 Å². The SMILES string of the molecule is CCCNC(=O)[C@@H](CC)N(Cc1c(Cl)cccc1Cl)C(=O)CCCN(c1ccc(F)c(F)c1)S(C)(=O)=O. The van der Waals surface area contributed by atoms with E-state index in [1.807, 2.05) is 6.92 Å². The van der Waals surface area contributed by atoms with Crippen LogP contribution in [0.2, 0.25) is 10.0 Å². The Morgan fingerprint density at radius 3 is 2.24 bits per heavy atom. The molecule has 37 heavy (non-hydrogen) atoms. The van der Waals surface area contributed by atoms with Crippen molar-refractivity contribution in [1.29, 1.82) is 0 Å². The number of nitrogens with one attached hydrogen (secondary N) is 1. The summed E-state index contributed by atoms with van der Waals surface area (Å²) in [6, 6.07) is 6.91. The van der Waals surface area contributed by atoms with Gasteiger partial charge in [-0.05, 0) is 43.5 Å². The first-order valence-electron chi connectivity index (χ1n) is 11.8. The smallest absolute Gasteiger partial charge is 0.242 e. The van der Waals surface area contributed by atoms with Crippen molar-refractivity contribution < 1.29 is 26.8 Å². The van der Waals surface area contributed by atoms with E-state index >= 15 is 0 Å². The average molecular weight is 579 g/mol. The summed E-state index contributed by atoms with van der Waals surface area (Å²) in [5.41, 5.74) is 0.430. The van der Waals surface area contributed by atoms with Gasteiger partial charge in [0, 0.05) is 47.7 Å². The summed E-state index contributed by atoms with van der Waals surface area (Å²) in [7, 11) is -3.85. The molecule has 0 spiro atoms. The second-order valence-electron chi connectivity index (χ2n) is 8.47. The molecular weight excluding hydrogens is 547 g/mol. The Hall–Kier alpha value is -2.43. The van der Waals surface area contributed by atoms with Crippen LogP contribution in [-0.4, -0.2) is 50.5 Å². The van der Waals surface area contributed by atoms with Crippen LogP contribution in [0.1, 0.15) is 45.1 Å². The minimum absolute atomic E-state index is 0.0195. The Morgan fingerprint density at radius 2 is 1.70 bits per heavy atom. The van der Waals surface area contributed by atoms with Crippen LogP contribution in [0.5, 0.6) is 0 Å². The third-order valence-electron chi connectivity index (χ3n) is 5.67. The minimum Gasteiger partial charge on any atom is -0.354 e. The van der Waals surface area contributed by atoms with Gasteiger partial charge < -0.3 is 10.2 Å². The van der Waals surface area contributed by atoms with Crippen LogP contribution in [0.15, 0.2) is 36.4 Å². The second-order valence-corrected chi connectivity index (χ2v) is 11.2. The molecule has 1 atom stereocenters. The number of amides is 2. The van der Waals surface area contributed by atoms with Gasteiger partial charge in [0.1, 0.15) is 6.04 Å². The van der Waals surface area contributed by atoms with Gasteiger partial charge in [-0.25, -0.2) is 17.2 Å². The topological polar surface area (TPSA) is 86.8 Å². The lowest BCUT2D eigenvalue weighted by Crippen LogP contribution is -2.49. The summed E-state index contributed by atoms with van der Waals surface area (Å²) in [6.07, 6.45) is 1.93. The van der Waals surface area contributed by atoms with Crippen LogP contribution in [0.25, 0.3) is 0 Å². The molecule has 204 valence electrons. The third-order valence-corrected chi connectivity index (χ3v) is 7.57. The quantitative estimate of drug-likeness (QED) is 0.356. The first-order valence-corrected chi connectivity index (χ1v) is 14.4. The summed E-state index contributed by atoms with van der Waals surface area (Å²) in [5, 5.41) is 3.49. The Morgan fingerprint density at radius 1 is 1.05 bits per heavy atom. The van der Waals surface area contributed by atoms with Crippen LogP contribution in [0, 0.1) is 11.6 Å². The second kappa shape index (κ2) is 13.9. The van der Waals surface area contributed by atoms with E-state index in [0.29, 0.717) is 28.6 Å². The molecule has 0 aliphatic carbocycles. The fourth-order valence-corrected chi connectivity index (χ4v) is 5.26. The Bertz CT molecular complexity index is 1190. The van der Waals surface area contributed by atoms with Crippen LogP contribution in [-0.2, 0) is 26.2 Å². The number of benzene rings is 2. The number of rotatable bonds is 13. The summed E-state index contributed by atoms with van der Waals surface area (Å²) in [4.78, 5) is 27.7. The zero-order valence-electron chi connectivity index (χ0n) is 20.9. The molecule has 0 heterocycles. The molecule has 0 saturated carbocycles. The highest BCUT2D eigenvalue weighted by molar-refractivity contribution is 7.92. The fraction of sp³-hybridized carbons (Fsp3) is 0.440. The predicted octanol–water partition coefficient (Wildman–Crippen LogP) is 5.15. The van der Waals surface area contributed by atoms with E-state index in [1.54, 1.807) is 25.1 Å². The molecule has 0 bridgehead atoms. The molecule has 2 aromatic carbocycles. The van der Waals surface area contributed by atoms with E-state index in [9.17, 15) is 26.8 Å². The van der Waals surface area contributed by atoms with Crippen LogP contribution in [0.4, 0.5) is 14.5 Å². The number of carbonyl (C=O) groups is 2. The lowest BCUT2D eigenvalue weighted by molar-refractivity contribution is -0.141. The van der Waals surface area contributed by atoms with Gasteiger partial charge in [0.15, 0.2) is 11.6 Å². The van der Waals surface area contributed by atoms with Gasteiger partial charge in [0.25, 0.3) is 0 Å². The van der Waals surface area contributed by atoms with E-state index in [-0.39, 0.29) is 37.5 Å². The molecule has 0 aromatic heterocycles. The van der Waals surface area contributed by atoms with Gasteiger partial charge in [0.2, 0.25) is 21.8 Å². The third kappa shape index (κ3) is 8.55. The first kappa shape index (κ1) is 30.8. The maximum Gasteiger partial charge on any atom is 0.242 e. The molecule has 2 aromatic rings. The van der Waals surface area contributed by atoms with Crippen molar-refractivity contribution in [1.82, 2.24) is 10.2 Å². The Kier molecular flexibility index (Phi) is 11.6. The van der Waals surface area contributed by atoms with Crippen molar-refractivity contribution in [2.24, 2.45) is 0 Å². The predicted molar refractivity (Wildman–Crippen MR) is 142 cm³/mol. The average Bonchev–Trinajstić information content (AvgIpc) is 2.83. The highest BCUT2D eigenvalue weighted by Gasteiger charge is 2.30. The standard InChI is InChI=1S/C25H31Cl2F2N3O4S/c1-4-13-30-25(34)23(5-2)31(16-18-19(26)8-6-9-20(18)27)24(33)10-7-14-32(37(3,35)36)17-11-12-21(28)22(29)15-17/h6,8-9,11-12,15,23H,4-5,7,10,13-14,16H2,1-3H3,(H,30,34)/t23-/m1/s1. The van der Waals surface area contributed by atoms with E-state index in [2.05, 4.69) is 5.32 Å². The van der Waals surface area contributed by atoms with Gasteiger partial charge in [-0.15, -0.1) is 0 Å². The molecule has 0 saturated heterocycles. The maximum absolute atomic E-state index is 13.7. The normalized spacial score (nSPS) is 12.2.